The standard InChI is InChI=1S/C17H15NOS2/c1-21(19)17(16-18-12-13-20-16,14-8-4-2-5-9-14)15-10-6-3-7-11-15/h2-13H,1H3. The van der Waals surface area contributed by atoms with Crippen LogP contribution in [0.15, 0.2) is 72.2 Å². The molecule has 1 atom stereocenters. The smallest absolute Gasteiger partial charge is 0.226 e. The highest BCUT2D eigenvalue weighted by atomic mass is 32.2. The van der Waals surface area contributed by atoms with Crippen LogP contribution in [0.25, 0.3) is 0 Å². The van der Waals surface area contributed by atoms with Crippen molar-refractivity contribution in [3.05, 3.63) is 88.4 Å². The van der Waals surface area contributed by atoms with Gasteiger partial charge < -0.3 is 4.55 Å². The molecule has 21 heavy (non-hydrogen) atoms. The van der Waals surface area contributed by atoms with Crippen molar-refractivity contribution in [3.8, 4) is 0 Å². The minimum Gasteiger partial charge on any atom is -0.615 e. The van der Waals surface area contributed by atoms with E-state index in [1.807, 2.05) is 66.0 Å². The molecule has 0 N–H and O–H groups in total. The second-order valence-electron chi connectivity index (χ2n) is 4.70. The molecule has 0 radical (unpaired) electrons. The van der Waals surface area contributed by atoms with Gasteiger partial charge in [0, 0.05) is 22.7 Å². The third-order valence-electron chi connectivity index (χ3n) is 3.53. The average Bonchev–Trinajstić information content (AvgIpc) is 3.04. The molecule has 0 fully saturated rings. The van der Waals surface area contributed by atoms with Gasteiger partial charge in [-0.3, -0.25) is 0 Å². The van der Waals surface area contributed by atoms with Gasteiger partial charge in [-0.15, -0.1) is 11.3 Å². The summed E-state index contributed by atoms with van der Waals surface area (Å²) in [6, 6.07) is 20.0. The average molecular weight is 313 g/mol. The van der Waals surface area contributed by atoms with Gasteiger partial charge in [-0.2, -0.15) is 0 Å². The fourth-order valence-electron chi connectivity index (χ4n) is 2.61. The lowest BCUT2D eigenvalue weighted by molar-refractivity contribution is 0.577. The number of nitrogens with zero attached hydrogens (tertiary/aromatic N) is 1. The van der Waals surface area contributed by atoms with Gasteiger partial charge in [-0.25, -0.2) is 4.98 Å². The first-order chi connectivity index (χ1) is 10.3. The Morgan fingerprint density at radius 1 is 0.952 bits per heavy atom. The second-order valence-corrected chi connectivity index (χ2v) is 7.12. The molecule has 0 bridgehead atoms. The van der Waals surface area contributed by atoms with E-state index in [1.54, 1.807) is 23.8 Å². The Bertz CT molecular complexity index is 642. The van der Waals surface area contributed by atoms with Crippen LogP contribution in [0.4, 0.5) is 0 Å². The normalized spacial score (nSPS) is 13.0. The van der Waals surface area contributed by atoms with E-state index in [4.69, 9.17) is 0 Å². The van der Waals surface area contributed by atoms with Crippen molar-refractivity contribution in [2.24, 2.45) is 0 Å². The van der Waals surface area contributed by atoms with Crippen molar-refractivity contribution in [1.82, 2.24) is 4.98 Å². The lowest BCUT2D eigenvalue weighted by Gasteiger charge is -2.33. The molecule has 0 saturated heterocycles. The minimum atomic E-state index is -1.15. The van der Waals surface area contributed by atoms with E-state index < -0.39 is 15.9 Å². The van der Waals surface area contributed by atoms with Crippen LogP contribution in [0.2, 0.25) is 0 Å². The minimum absolute atomic E-state index is 0.712. The van der Waals surface area contributed by atoms with Gasteiger partial charge in [0.1, 0.15) is 0 Å². The highest BCUT2D eigenvalue weighted by Crippen LogP contribution is 2.44. The van der Waals surface area contributed by atoms with E-state index in [9.17, 15) is 4.55 Å². The number of thiazole rings is 1. The molecule has 2 nitrogen and oxygen atoms in total. The van der Waals surface area contributed by atoms with Crippen LogP contribution < -0.4 is 0 Å². The molecule has 1 unspecified atom stereocenters. The number of aromatic nitrogens is 1. The van der Waals surface area contributed by atoms with E-state index >= 15 is 0 Å². The number of benzene rings is 2. The summed E-state index contributed by atoms with van der Waals surface area (Å²) in [6.45, 7) is 0. The molecule has 0 amide bonds. The van der Waals surface area contributed by atoms with Gasteiger partial charge in [0.15, 0.2) is 5.01 Å². The SMILES string of the molecule is C[S+]([O-])C(c1ccccc1)(c1ccccc1)c1nccs1. The summed E-state index contributed by atoms with van der Waals surface area (Å²) in [5.41, 5.74) is 2.01. The van der Waals surface area contributed by atoms with Crippen molar-refractivity contribution in [3.63, 3.8) is 0 Å². The lowest BCUT2D eigenvalue weighted by Crippen LogP contribution is -2.37. The van der Waals surface area contributed by atoms with Crippen molar-refractivity contribution >= 4 is 22.5 Å². The van der Waals surface area contributed by atoms with Crippen LogP contribution in [0.1, 0.15) is 16.1 Å². The Morgan fingerprint density at radius 2 is 1.48 bits per heavy atom. The Hall–Kier alpha value is -1.62. The predicted octanol–water partition coefficient (Wildman–Crippen LogP) is 3.81. The third kappa shape index (κ3) is 2.39. The highest BCUT2D eigenvalue weighted by molar-refractivity contribution is 7.92. The Morgan fingerprint density at radius 3 is 1.86 bits per heavy atom. The zero-order valence-corrected chi connectivity index (χ0v) is 13.2. The second kappa shape index (κ2) is 6.02. The summed E-state index contributed by atoms with van der Waals surface area (Å²) in [4.78, 5) is 4.49. The maximum Gasteiger partial charge on any atom is 0.226 e. The molecule has 1 aromatic heterocycles. The molecular weight excluding hydrogens is 298 g/mol. The Kier molecular flexibility index (Phi) is 4.10. The first-order valence-corrected chi connectivity index (χ1v) is 9.04. The van der Waals surface area contributed by atoms with Crippen LogP contribution in [0.5, 0.6) is 0 Å². The maximum atomic E-state index is 12.8. The van der Waals surface area contributed by atoms with Crippen molar-refractivity contribution in [2.45, 2.75) is 4.75 Å². The Balaban J connectivity index is 2.33. The van der Waals surface area contributed by atoms with E-state index in [2.05, 4.69) is 4.98 Å². The molecular formula is C17H15NOS2. The zero-order chi connectivity index (χ0) is 14.7. The summed E-state index contributed by atoms with van der Waals surface area (Å²) < 4.78 is 12.1. The van der Waals surface area contributed by atoms with Crippen LogP contribution in [-0.4, -0.2) is 15.8 Å². The molecule has 0 saturated carbocycles. The van der Waals surface area contributed by atoms with E-state index in [-0.39, 0.29) is 0 Å². The predicted molar refractivity (Wildman–Crippen MR) is 88.9 cm³/mol. The van der Waals surface area contributed by atoms with Crippen molar-refractivity contribution < 1.29 is 4.55 Å². The number of hydrogen-bond donors (Lipinski definition) is 0. The summed E-state index contributed by atoms with van der Waals surface area (Å²) >= 11 is 0.398. The monoisotopic (exact) mass is 313 g/mol. The first-order valence-electron chi connectivity index (χ1n) is 6.61. The molecule has 0 spiro atoms. The Labute approximate surface area is 131 Å². The summed E-state index contributed by atoms with van der Waals surface area (Å²) in [6.07, 6.45) is 3.52. The van der Waals surface area contributed by atoms with E-state index in [0.717, 1.165) is 16.1 Å². The van der Waals surface area contributed by atoms with Crippen LogP contribution in [0, 0.1) is 0 Å². The van der Waals surface area contributed by atoms with E-state index in [1.165, 1.54) is 0 Å². The molecule has 0 aliphatic rings. The summed E-state index contributed by atoms with van der Waals surface area (Å²) in [5.74, 6) is 0. The first kappa shape index (κ1) is 14.3. The molecule has 3 aromatic rings. The maximum absolute atomic E-state index is 12.8. The van der Waals surface area contributed by atoms with Gasteiger partial charge in [0.05, 0.1) is 6.26 Å². The highest BCUT2D eigenvalue weighted by Gasteiger charge is 2.48. The topological polar surface area (TPSA) is 36.0 Å². The summed E-state index contributed by atoms with van der Waals surface area (Å²) in [5, 5.41) is 2.80. The van der Waals surface area contributed by atoms with Gasteiger partial charge in [0.25, 0.3) is 0 Å². The molecule has 0 aliphatic carbocycles. The molecule has 106 valence electrons. The van der Waals surface area contributed by atoms with Crippen molar-refractivity contribution in [1.29, 1.82) is 0 Å². The van der Waals surface area contributed by atoms with Gasteiger partial charge in [0.2, 0.25) is 4.75 Å². The molecule has 1 heterocycles. The van der Waals surface area contributed by atoms with E-state index in [0.29, 0.717) is 0 Å². The fraction of sp³-hybridized carbons (Fsp3) is 0.118. The molecule has 2 aromatic carbocycles. The zero-order valence-electron chi connectivity index (χ0n) is 11.6. The van der Waals surface area contributed by atoms with Crippen LogP contribution in [-0.2, 0) is 15.9 Å². The summed E-state index contributed by atoms with van der Waals surface area (Å²) in [7, 11) is 0. The van der Waals surface area contributed by atoms with Gasteiger partial charge in [-0.1, -0.05) is 60.7 Å². The third-order valence-corrected chi connectivity index (χ3v) is 6.07. The number of hydrogen-bond acceptors (Lipinski definition) is 3. The molecule has 4 heteroatoms. The largest absolute Gasteiger partial charge is 0.615 e. The van der Waals surface area contributed by atoms with Gasteiger partial charge >= 0.3 is 0 Å². The number of rotatable bonds is 4. The molecule has 3 rings (SSSR count). The fourth-order valence-corrected chi connectivity index (χ4v) is 5.12. The van der Waals surface area contributed by atoms with Crippen LogP contribution in [0.3, 0.4) is 0 Å². The van der Waals surface area contributed by atoms with Gasteiger partial charge in [-0.05, 0) is 11.2 Å². The molecule has 0 aliphatic heterocycles. The van der Waals surface area contributed by atoms with Crippen molar-refractivity contribution in [2.75, 3.05) is 6.26 Å². The lowest BCUT2D eigenvalue weighted by atomic mass is 9.90. The quantitative estimate of drug-likeness (QED) is 0.687. The van der Waals surface area contributed by atoms with Crippen LogP contribution >= 0.6 is 11.3 Å².